The van der Waals surface area contributed by atoms with E-state index in [9.17, 15) is 4.39 Å². The minimum atomic E-state index is -0.355. The number of aryl methyl sites for hydroxylation is 1. The van der Waals surface area contributed by atoms with Crippen LogP contribution in [-0.4, -0.2) is 23.0 Å². The van der Waals surface area contributed by atoms with Crippen LogP contribution < -0.4 is 15.4 Å². The third-order valence-corrected chi connectivity index (χ3v) is 5.03. The molecule has 0 amide bonds. The predicted molar refractivity (Wildman–Crippen MR) is 109 cm³/mol. The molecular weight excluding hydrogens is 377 g/mol. The van der Waals surface area contributed by atoms with E-state index in [2.05, 4.69) is 32.5 Å². The second-order valence-electron chi connectivity index (χ2n) is 5.88. The summed E-state index contributed by atoms with van der Waals surface area (Å²) in [5, 5.41) is 7.49. The molecule has 28 heavy (non-hydrogen) atoms. The molecule has 0 saturated carbocycles. The van der Waals surface area contributed by atoms with Crippen molar-refractivity contribution in [3.63, 3.8) is 0 Å². The summed E-state index contributed by atoms with van der Waals surface area (Å²) in [6.45, 7) is 3.17. The van der Waals surface area contributed by atoms with Gasteiger partial charge in [-0.1, -0.05) is 19.1 Å². The summed E-state index contributed by atoms with van der Waals surface area (Å²) < 4.78 is 19.1. The van der Waals surface area contributed by atoms with E-state index in [1.54, 1.807) is 36.7 Å². The largest absolute Gasteiger partial charge is 0.439 e. The summed E-state index contributed by atoms with van der Waals surface area (Å²) in [5.41, 5.74) is 0.831. The summed E-state index contributed by atoms with van der Waals surface area (Å²) in [6.07, 6.45) is 4.53. The Balaban J connectivity index is 1.59. The first-order valence-electron chi connectivity index (χ1n) is 8.93. The number of nitrogens with zero attached hydrogens (tertiary/aromatic N) is 3. The first-order valence-corrected chi connectivity index (χ1v) is 9.75. The predicted octanol–water partition coefficient (Wildman–Crippen LogP) is 3.90. The number of benzene rings is 1. The van der Waals surface area contributed by atoms with Crippen LogP contribution in [0, 0.1) is 5.82 Å². The Morgan fingerprint density at radius 3 is 2.79 bits per heavy atom. The van der Waals surface area contributed by atoms with Crippen molar-refractivity contribution in [2.75, 3.05) is 7.05 Å². The summed E-state index contributed by atoms with van der Waals surface area (Å²) in [5.74, 6) is 1.11. The number of aliphatic imine (C=N–C) groups is 1. The molecule has 6 nitrogen and oxygen atoms in total. The van der Waals surface area contributed by atoms with Gasteiger partial charge in [0.25, 0.3) is 0 Å². The van der Waals surface area contributed by atoms with Crippen LogP contribution in [0.25, 0.3) is 0 Å². The van der Waals surface area contributed by atoms with Crippen molar-refractivity contribution in [1.82, 2.24) is 20.6 Å². The molecule has 0 bridgehead atoms. The third kappa shape index (κ3) is 5.50. The lowest BCUT2D eigenvalue weighted by molar-refractivity contribution is 0.450. The zero-order valence-corrected chi connectivity index (χ0v) is 16.6. The molecule has 0 aliphatic heterocycles. The zero-order valence-electron chi connectivity index (χ0n) is 15.8. The van der Waals surface area contributed by atoms with Gasteiger partial charge in [0, 0.05) is 42.5 Å². The molecule has 0 fully saturated rings. The smallest absolute Gasteiger partial charge is 0.224 e. The van der Waals surface area contributed by atoms with Crippen molar-refractivity contribution < 1.29 is 9.13 Å². The maximum Gasteiger partial charge on any atom is 0.224 e. The molecule has 8 heteroatoms. The fraction of sp³-hybridized carbons (Fsp3) is 0.250. The quantitative estimate of drug-likeness (QED) is 0.466. The Labute approximate surface area is 167 Å². The highest BCUT2D eigenvalue weighted by atomic mass is 32.1. The number of rotatable bonds is 7. The Kier molecular flexibility index (Phi) is 6.91. The second kappa shape index (κ2) is 9.80. The minimum absolute atomic E-state index is 0.355. The standard InChI is InChI=1S/C20H22FN5OS/c1-3-17-12-24-18(28-17)13-26-20(22-2)25-11-14-6-5-9-23-19(14)27-16-8-4-7-15(21)10-16/h4-10,12H,3,11,13H2,1-2H3,(H2,22,25,26). The first-order chi connectivity index (χ1) is 13.7. The number of nitrogens with one attached hydrogen (secondary N) is 2. The van der Waals surface area contributed by atoms with E-state index in [-0.39, 0.29) is 5.82 Å². The Morgan fingerprint density at radius 1 is 1.18 bits per heavy atom. The van der Waals surface area contributed by atoms with Gasteiger partial charge in [0.05, 0.1) is 6.54 Å². The van der Waals surface area contributed by atoms with Crippen LogP contribution in [0.5, 0.6) is 11.6 Å². The number of ether oxygens (including phenoxy) is 1. The van der Waals surface area contributed by atoms with E-state index < -0.39 is 0 Å². The van der Waals surface area contributed by atoms with Crippen molar-refractivity contribution in [1.29, 1.82) is 0 Å². The Bertz CT molecular complexity index is 944. The molecule has 0 spiro atoms. The molecule has 146 valence electrons. The van der Waals surface area contributed by atoms with Crippen LogP contribution in [0.4, 0.5) is 4.39 Å². The summed E-state index contributed by atoms with van der Waals surface area (Å²) in [4.78, 5) is 14.1. The number of thiazole rings is 1. The SMILES string of the molecule is CCc1cnc(CNC(=NC)NCc2cccnc2Oc2cccc(F)c2)s1. The van der Waals surface area contributed by atoms with Crippen LogP contribution in [0.2, 0.25) is 0 Å². The highest BCUT2D eigenvalue weighted by molar-refractivity contribution is 7.11. The number of aromatic nitrogens is 2. The van der Waals surface area contributed by atoms with Crippen LogP contribution >= 0.6 is 11.3 Å². The first kappa shape index (κ1) is 19.8. The normalized spacial score (nSPS) is 11.3. The maximum absolute atomic E-state index is 13.4. The monoisotopic (exact) mass is 399 g/mol. The molecule has 0 radical (unpaired) electrons. The molecule has 3 aromatic rings. The summed E-state index contributed by atoms with van der Waals surface area (Å²) in [6, 6.07) is 9.71. The van der Waals surface area contributed by atoms with E-state index in [1.807, 2.05) is 18.3 Å². The van der Waals surface area contributed by atoms with Gasteiger partial charge in [-0.25, -0.2) is 14.4 Å². The van der Waals surface area contributed by atoms with Crippen molar-refractivity contribution in [3.8, 4) is 11.6 Å². The Morgan fingerprint density at radius 2 is 2.04 bits per heavy atom. The van der Waals surface area contributed by atoms with Gasteiger partial charge in [-0.05, 0) is 24.6 Å². The maximum atomic E-state index is 13.4. The summed E-state index contributed by atoms with van der Waals surface area (Å²) >= 11 is 1.69. The van der Waals surface area contributed by atoms with Crippen LogP contribution in [0.3, 0.4) is 0 Å². The highest BCUT2D eigenvalue weighted by Gasteiger charge is 2.08. The van der Waals surface area contributed by atoms with E-state index in [1.165, 1.54) is 17.0 Å². The molecule has 3 rings (SSSR count). The number of halogens is 1. The molecular formula is C20H22FN5OS. The number of hydrogen-bond acceptors (Lipinski definition) is 5. The molecule has 0 atom stereocenters. The molecule has 2 heterocycles. The third-order valence-electron chi connectivity index (χ3n) is 3.89. The average Bonchev–Trinajstić information content (AvgIpc) is 3.17. The van der Waals surface area contributed by atoms with Crippen LogP contribution in [-0.2, 0) is 19.5 Å². The zero-order chi connectivity index (χ0) is 19.8. The van der Waals surface area contributed by atoms with Gasteiger partial charge in [0.2, 0.25) is 5.88 Å². The molecule has 2 aromatic heterocycles. The summed E-state index contributed by atoms with van der Waals surface area (Å²) in [7, 11) is 1.71. The van der Waals surface area contributed by atoms with Gasteiger partial charge in [0.1, 0.15) is 16.6 Å². The van der Waals surface area contributed by atoms with Gasteiger partial charge in [-0.2, -0.15) is 0 Å². The number of hydrogen-bond donors (Lipinski definition) is 2. The van der Waals surface area contributed by atoms with Gasteiger partial charge in [-0.3, -0.25) is 4.99 Å². The van der Waals surface area contributed by atoms with Crippen molar-refractivity contribution in [2.24, 2.45) is 4.99 Å². The van der Waals surface area contributed by atoms with E-state index in [0.29, 0.717) is 30.7 Å². The molecule has 0 unspecified atom stereocenters. The molecule has 0 aliphatic carbocycles. The van der Waals surface area contributed by atoms with Gasteiger partial charge < -0.3 is 15.4 Å². The highest BCUT2D eigenvalue weighted by Crippen LogP contribution is 2.23. The van der Waals surface area contributed by atoms with Gasteiger partial charge >= 0.3 is 0 Å². The number of guanidine groups is 1. The van der Waals surface area contributed by atoms with Crippen LogP contribution in [0.1, 0.15) is 22.4 Å². The van der Waals surface area contributed by atoms with E-state index in [4.69, 9.17) is 4.74 Å². The average molecular weight is 399 g/mol. The van der Waals surface area contributed by atoms with Gasteiger partial charge in [-0.15, -0.1) is 11.3 Å². The minimum Gasteiger partial charge on any atom is -0.439 e. The van der Waals surface area contributed by atoms with E-state index in [0.717, 1.165) is 17.0 Å². The van der Waals surface area contributed by atoms with Crippen molar-refractivity contribution in [2.45, 2.75) is 26.4 Å². The van der Waals surface area contributed by atoms with Crippen LogP contribution in [0.15, 0.2) is 53.8 Å². The number of pyridine rings is 1. The molecule has 0 saturated heterocycles. The van der Waals surface area contributed by atoms with Crippen molar-refractivity contribution in [3.05, 3.63) is 70.1 Å². The molecule has 0 aliphatic rings. The fourth-order valence-corrected chi connectivity index (χ4v) is 3.25. The lowest BCUT2D eigenvalue weighted by Crippen LogP contribution is -2.36. The molecule has 1 aromatic carbocycles. The molecule has 2 N–H and O–H groups in total. The Hall–Kier alpha value is -3.00. The van der Waals surface area contributed by atoms with E-state index >= 15 is 0 Å². The van der Waals surface area contributed by atoms with Gasteiger partial charge in [0.15, 0.2) is 5.96 Å². The second-order valence-corrected chi connectivity index (χ2v) is 7.08. The lowest BCUT2D eigenvalue weighted by atomic mass is 10.2. The fourth-order valence-electron chi connectivity index (χ4n) is 2.44. The van der Waals surface area contributed by atoms with Crippen molar-refractivity contribution >= 4 is 17.3 Å². The topological polar surface area (TPSA) is 71.4 Å². The lowest BCUT2D eigenvalue weighted by Gasteiger charge is -2.13.